The predicted molar refractivity (Wildman–Crippen MR) is 323 cm³/mol. The van der Waals surface area contributed by atoms with Crippen LogP contribution < -0.4 is 55.3 Å². The number of anilines is 1. The summed E-state index contributed by atoms with van der Waals surface area (Å²) in [6.07, 6.45) is -3.56. The number of nitrogens with two attached hydrogens (primary N) is 7. The van der Waals surface area contributed by atoms with Crippen molar-refractivity contribution in [3.05, 3.63) is 47.0 Å². The minimum Gasteiger partial charge on any atom is -0.394 e. The largest absolute Gasteiger partial charge is 0.472 e. The molecule has 6 aliphatic rings. The maximum Gasteiger partial charge on any atom is 0.472 e. The molecular weight excluding hydrogens is 1180 g/mol. The molecule has 30 nitrogen and oxygen atoms in total. The van der Waals surface area contributed by atoms with Crippen molar-refractivity contribution in [1.82, 2.24) is 25.6 Å². The van der Waals surface area contributed by atoms with Gasteiger partial charge in [0.2, 0.25) is 59.4 Å². The Bertz CT molecular complexity index is 3490. The molecule has 7 amide bonds. The fraction of sp³-hybridized carbons (Fsp3) is 0.638. The molecular formula is C58H86N16O14P+. The summed E-state index contributed by atoms with van der Waals surface area (Å²) in [5, 5.41) is 28.0. The average molecular weight is 1260 g/mol. The number of aliphatic hydroxyl groups excluding tert-OH is 2. The van der Waals surface area contributed by atoms with E-state index in [4.69, 9.17) is 68.9 Å². The van der Waals surface area contributed by atoms with Crippen molar-refractivity contribution in [2.24, 2.45) is 94.7 Å². The van der Waals surface area contributed by atoms with Gasteiger partial charge in [0.15, 0.2) is 5.82 Å². The van der Waals surface area contributed by atoms with Crippen LogP contribution in [0.2, 0.25) is 0 Å². The number of allylic oxidation sites excluding steroid dienone is 6. The summed E-state index contributed by atoms with van der Waals surface area (Å²) in [7, 11) is -5.10. The topological polar surface area (TPSA) is 514 Å². The Kier molecular flexibility index (Phi) is 19.1. The molecule has 2 aromatic rings. The standard InChI is InChI=1S/C58H85N16O14P/c1-26(87-89(84,85)88-47-34(23-75)86-53(46(47)83)74-25-69-52-45(74)51(65)67-24-68-52)22-66-42(82)16-17-55(6)32(18-39(62)79)50-58(9)57(8,21-41(64)81)31(12-15-38(61)78)44(73-58)28(3)49-56(7,20-40(63)80)29(10-13-36(59)76)33(70-49)19-35-54(4,5)30(11-14-37(60)77)43(71-35)27(2)48(55)72-50/h19,24-26,29-32,34,46-47,50,53,75,83H,10-18,20-23H2,1-9H3,(H17,59,60,61,62,63,64,65,66,67,68,70,71,72,73,76,77,78,79,80,81,82,84,85)/p+1/t26-,29-,30-,31-,32+,34-,46-,47-,50-,53+,55-,56+,57+,58+/m1/s1. The first-order valence-corrected chi connectivity index (χ1v) is 31.2. The third-order valence-corrected chi connectivity index (χ3v) is 21.0. The van der Waals surface area contributed by atoms with Crippen LogP contribution in [-0.2, 0) is 51.9 Å². The molecule has 2 saturated heterocycles. The highest BCUT2D eigenvalue weighted by Gasteiger charge is 2.66. The Labute approximate surface area is 514 Å². The number of rotatable bonds is 26. The minimum atomic E-state index is -5.10. The Hall–Kier alpha value is -7.34. The van der Waals surface area contributed by atoms with Gasteiger partial charge in [0, 0.05) is 131 Å². The quantitative estimate of drug-likeness (QED) is 0.0446. The van der Waals surface area contributed by atoms with Crippen LogP contribution >= 0.6 is 7.82 Å². The Morgan fingerprint density at radius 2 is 1.45 bits per heavy atom. The van der Waals surface area contributed by atoms with Gasteiger partial charge in [-0.25, -0.2) is 14.5 Å². The van der Waals surface area contributed by atoms with Crippen molar-refractivity contribution in [1.29, 1.82) is 0 Å². The highest BCUT2D eigenvalue weighted by atomic mass is 31.2. The smallest absolute Gasteiger partial charge is 0.394 e. The van der Waals surface area contributed by atoms with E-state index in [9.17, 15) is 53.2 Å². The third-order valence-electron chi connectivity index (χ3n) is 19.9. The molecule has 8 bridgehead atoms. The normalized spacial score (nSPS) is 32.2. The van der Waals surface area contributed by atoms with Crippen molar-refractivity contribution in [3.63, 3.8) is 0 Å². The fourth-order valence-corrected chi connectivity index (χ4v) is 16.3. The molecule has 31 heteroatoms. The van der Waals surface area contributed by atoms with E-state index in [1.54, 1.807) is 0 Å². The van der Waals surface area contributed by atoms with Crippen LogP contribution in [0.15, 0.2) is 61.9 Å². The number of hydrogen-bond donors (Lipinski definition) is 13. The number of nitrogens with one attached hydrogen (secondary N) is 3. The first-order chi connectivity index (χ1) is 41.4. The molecule has 2 aromatic heterocycles. The number of fused-ring (bicyclic) bond motifs is 7. The monoisotopic (exact) mass is 1260 g/mol. The van der Waals surface area contributed by atoms with Crippen molar-refractivity contribution in [3.8, 4) is 0 Å². The van der Waals surface area contributed by atoms with E-state index in [1.807, 2.05) is 61.5 Å². The van der Waals surface area contributed by atoms with Gasteiger partial charge in [0.25, 0.3) is 5.65 Å². The highest BCUT2D eigenvalue weighted by Crippen LogP contribution is 2.62. The maximum atomic E-state index is 14.3. The molecule has 8 heterocycles. The van der Waals surface area contributed by atoms with Gasteiger partial charge < -0.3 is 70.6 Å². The van der Waals surface area contributed by atoms with Crippen LogP contribution in [-0.4, -0.2) is 138 Å². The summed E-state index contributed by atoms with van der Waals surface area (Å²) < 4.78 is 31.8. The van der Waals surface area contributed by atoms with Gasteiger partial charge in [0.05, 0.1) is 24.3 Å². The second-order valence-electron chi connectivity index (χ2n) is 26.1. The van der Waals surface area contributed by atoms with E-state index in [0.29, 0.717) is 51.0 Å². The summed E-state index contributed by atoms with van der Waals surface area (Å²) in [5.74, 6) is -7.23. The van der Waals surface area contributed by atoms with E-state index in [0.717, 1.165) is 0 Å². The SMILES string of the molecule is CC1=C2N=C(C=C3NC(=C(C)C4=N[C@@](C)([C@@H]5N=C1[C@](C)(CCC(=O)NC[C@@H](C)OP(=O)(O)O[C@H]1[C@@H](O)[C@@H]([n+]6c[nH]c7ncnc(N)c76)O[C@@H]1CO)[C@H]5CC(N)=O)[C@@](C)(CC(N)=O)[C@@H]4CCC(N)=O)[C@@](C)(CC(N)=O)[C@@H]3CCC(N)=O)C(C)(C)[C@@H]2CCC(N)=O. The summed E-state index contributed by atoms with van der Waals surface area (Å²) >= 11 is 0. The van der Waals surface area contributed by atoms with Crippen LogP contribution in [0.3, 0.4) is 0 Å². The molecule has 89 heavy (non-hydrogen) atoms. The molecule has 486 valence electrons. The van der Waals surface area contributed by atoms with Crippen LogP contribution in [0.4, 0.5) is 5.82 Å². The lowest BCUT2D eigenvalue weighted by Gasteiger charge is -2.48. The number of aromatic amines is 1. The lowest BCUT2D eigenvalue weighted by Crippen LogP contribution is -2.56. The molecule has 8 rings (SSSR count). The summed E-state index contributed by atoms with van der Waals surface area (Å²) in [6.45, 7) is 15.2. The number of amides is 7. The van der Waals surface area contributed by atoms with E-state index >= 15 is 0 Å². The summed E-state index contributed by atoms with van der Waals surface area (Å²) in [6, 6.07) is -1.05. The van der Waals surface area contributed by atoms with Gasteiger partial charge in [-0.1, -0.05) is 34.6 Å². The van der Waals surface area contributed by atoms with Crippen molar-refractivity contribution < 1.29 is 71.6 Å². The number of primary amides is 6. The molecule has 20 N–H and O–H groups in total. The van der Waals surface area contributed by atoms with Gasteiger partial charge in [0.1, 0.15) is 24.6 Å². The molecule has 0 aromatic carbocycles. The Morgan fingerprint density at radius 3 is 2.04 bits per heavy atom. The molecule has 0 spiro atoms. The zero-order chi connectivity index (χ0) is 65.8. The van der Waals surface area contributed by atoms with Crippen molar-refractivity contribution >= 4 is 83.3 Å². The van der Waals surface area contributed by atoms with Crippen molar-refractivity contribution in [2.45, 2.75) is 175 Å². The number of carbonyl (C=O) groups excluding carboxylic acids is 7. The average Bonchev–Trinajstić information content (AvgIpc) is 2.33. The van der Waals surface area contributed by atoms with Gasteiger partial charge >= 0.3 is 7.82 Å². The van der Waals surface area contributed by atoms with Crippen molar-refractivity contribution in [2.75, 3.05) is 18.9 Å². The number of carbonyl (C=O) groups is 7. The number of nitrogens with zero attached hydrogens (tertiary/aromatic N) is 6. The molecule has 2 fully saturated rings. The number of hydrogen-bond acceptors (Lipinski definition) is 20. The number of ether oxygens (including phenoxy) is 1. The zero-order valence-corrected chi connectivity index (χ0v) is 52.6. The van der Waals surface area contributed by atoms with E-state index < -0.39 is 143 Å². The predicted octanol–water partition coefficient (Wildman–Crippen LogP) is 0.338. The number of imidazole rings is 1. The number of phosphoric acid groups is 1. The number of nitrogen functional groups attached to an aromatic ring is 1. The second kappa shape index (κ2) is 25.1. The number of H-pyrrole nitrogens is 1. The number of phosphoric ester groups is 1. The van der Waals surface area contributed by atoms with E-state index in [2.05, 4.69) is 25.6 Å². The summed E-state index contributed by atoms with van der Waals surface area (Å²) in [5.41, 5.74) is 40.7. The van der Waals surface area contributed by atoms with E-state index in [-0.39, 0.29) is 88.5 Å². The molecule has 0 aliphatic carbocycles. The Morgan fingerprint density at radius 1 is 0.831 bits per heavy atom. The lowest BCUT2D eigenvalue weighted by atomic mass is 9.55. The van der Waals surface area contributed by atoms with E-state index in [1.165, 1.54) is 24.1 Å². The molecule has 15 atom stereocenters. The number of aromatic nitrogens is 4. The zero-order valence-electron chi connectivity index (χ0n) is 51.7. The molecule has 0 saturated carbocycles. The fourth-order valence-electron chi connectivity index (χ4n) is 15.1. The lowest BCUT2D eigenvalue weighted by molar-refractivity contribution is -0.743. The molecule has 6 aliphatic heterocycles. The Balaban J connectivity index is 1.20. The van der Waals surface area contributed by atoms with Gasteiger partial charge in [-0.05, 0) is 70.6 Å². The summed E-state index contributed by atoms with van der Waals surface area (Å²) in [4.78, 5) is 132. The number of aliphatic imine (C=N–C) groups is 3. The van der Waals surface area contributed by atoms with Crippen LogP contribution in [0.25, 0.3) is 11.2 Å². The van der Waals surface area contributed by atoms with Crippen LogP contribution in [0, 0.1) is 45.3 Å². The van der Waals surface area contributed by atoms with Crippen LogP contribution in [0.5, 0.6) is 0 Å². The first kappa shape index (κ1) is 67.6. The van der Waals surface area contributed by atoms with Gasteiger partial charge in [-0.3, -0.25) is 57.6 Å². The van der Waals surface area contributed by atoms with Gasteiger partial charge in [-0.15, -0.1) is 0 Å². The van der Waals surface area contributed by atoms with Crippen LogP contribution in [0.1, 0.15) is 139 Å². The molecule has 0 radical (unpaired) electrons. The van der Waals surface area contributed by atoms with Gasteiger partial charge in [-0.2, -0.15) is 9.55 Å². The second-order valence-corrected chi connectivity index (χ2v) is 27.5. The number of aliphatic hydroxyl groups is 2. The first-order valence-electron chi connectivity index (χ1n) is 29.7. The highest BCUT2D eigenvalue weighted by molar-refractivity contribution is 7.47. The molecule has 1 unspecified atom stereocenters. The third kappa shape index (κ3) is 12.8. The minimum absolute atomic E-state index is 0.0245. The maximum absolute atomic E-state index is 14.3.